The minimum Gasteiger partial charge on any atom is -0.494 e. The third-order valence-electron chi connectivity index (χ3n) is 3.24. The number of unbranched alkanes of at least 4 members (excludes halogenated alkanes) is 2. The summed E-state index contributed by atoms with van der Waals surface area (Å²) in [6.07, 6.45) is 3.42. The van der Waals surface area contributed by atoms with Crippen molar-refractivity contribution < 1.29 is 14.6 Å². The summed E-state index contributed by atoms with van der Waals surface area (Å²) in [4.78, 5) is 16.8. The molecule has 0 saturated heterocycles. The summed E-state index contributed by atoms with van der Waals surface area (Å²) in [6.45, 7) is 2.90. The van der Waals surface area contributed by atoms with Gasteiger partial charge in [-0.05, 0) is 30.7 Å². The number of rotatable bonds is 8. The number of carboxylic acid groups (broad SMARTS) is 1. The number of hydrogen-bond acceptors (Lipinski definition) is 5. The van der Waals surface area contributed by atoms with E-state index in [0.717, 1.165) is 24.5 Å². The normalized spacial score (nSPS) is 10.5. The fourth-order valence-electron chi connectivity index (χ4n) is 1.94. The van der Waals surface area contributed by atoms with Crippen LogP contribution in [0.2, 0.25) is 0 Å². The summed E-state index contributed by atoms with van der Waals surface area (Å²) in [5, 5.41) is 11.1. The lowest BCUT2D eigenvalue weighted by Gasteiger charge is -2.16. The summed E-state index contributed by atoms with van der Waals surface area (Å²) in [5.74, 6) is -0.162. The molecule has 1 N–H and O–H groups in total. The molecular weight excluding hydrogens is 300 g/mol. The molecule has 2 aromatic rings. The molecule has 0 aliphatic rings. The number of carboxylic acids is 1. The summed E-state index contributed by atoms with van der Waals surface area (Å²) >= 11 is 1.31. The lowest BCUT2D eigenvalue weighted by atomic mass is 10.2. The van der Waals surface area contributed by atoms with Crippen molar-refractivity contribution in [3.05, 3.63) is 35.3 Å². The molecule has 0 unspecified atom stereocenters. The maximum absolute atomic E-state index is 10.9. The Morgan fingerprint density at radius 3 is 2.64 bits per heavy atom. The highest BCUT2D eigenvalue weighted by Gasteiger charge is 2.12. The molecule has 0 atom stereocenters. The molecule has 1 heterocycles. The summed E-state index contributed by atoms with van der Waals surface area (Å²) < 4.78 is 5.67. The van der Waals surface area contributed by atoms with Gasteiger partial charge in [-0.1, -0.05) is 19.8 Å². The van der Waals surface area contributed by atoms with E-state index in [1.807, 2.05) is 36.2 Å². The van der Waals surface area contributed by atoms with Crippen LogP contribution in [0.3, 0.4) is 0 Å². The number of aromatic carboxylic acids is 1. The molecule has 22 heavy (non-hydrogen) atoms. The van der Waals surface area contributed by atoms with Gasteiger partial charge in [0, 0.05) is 18.1 Å². The third kappa shape index (κ3) is 4.21. The van der Waals surface area contributed by atoms with Crippen LogP contribution in [0.4, 0.5) is 10.8 Å². The molecule has 0 amide bonds. The Bertz CT molecular complexity index is 610. The zero-order valence-electron chi connectivity index (χ0n) is 12.8. The highest BCUT2D eigenvalue weighted by atomic mass is 32.1. The third-order valence-corrected chi connectivity index (χ3v) is 4.16. The molecule has 5 nitrogen and oxygen atoms in total. The van der Waals surface area contributed by atoms with Crippen LogP contribution in [0, 0.1) is 0 Å². The van der Waals surface area contributed by atoms with Crippen molar-refractivity contribution in [3.8, 4) is 5.75 Å². The highest BCUT2D eigenvalue weighted by molar-refractivity contribution is 7.14. The van der Waals surface area contributed by atoms with Crippen LogP contribution in [0.25, 0.3) is 0 Å². The van der Waals surface area contributed by atoms with E-state index < -0.39 is 5.97 Å². The van der Waals surface area contributed by atoms with Gasteiger partial charge in [0.2, 0.25) is 0 Å². The number of hydrogen-bond donors (Lipinski definition) is 1. The Balaban J connectivity index is 1.98. The van der Waals surface area contributed by atoms with Crippen LogP contribution in [-0.4, -0.2) is 29.7 Å². The second-order valence-electron chi connectivity index (χ2n) is 4.93. The minimum absolute atomic E-state index is 0.0720. The van der Waals surface area contributed by atoms with E-state index in [1.165, 1.54) is 24.2 Å². The zero-order valence-corrected chi connectivity index (χ0v) is 13.6. The van der Waals surface area contributed by atoms with Crippen molar-refractivity contribution >= 4 is 28.1 Å². The number of carbonyl (C=O) groups is 1. The lowest BCUT2D eigenvalue weighted by Crippen LogP contribution is -2.09. The fraction of sp³-hybridized carbons (Fsp3) is 0.375. The van der Waals surface area contributed by atoms with Gasteiger partial charge in [-0.2, -0.15) is 0 Å². The van der Waals surface area contributed by atoms with Crippen LogP contribution in [0.1, 0.15) is 36.7 Å². The number of thiazole rings is 1. The molecule has 0 fully saturated rings. The van der Waals surface area contributed by atoms with Gasteiger partial charge in [0.05, 0.1) is 6.61 Å². The molecule has 0 saturated carbocycles. The van der Waals surface area contributed by atoms with Crippen LogP contribution in [-0.2, 0) is 0 Å². The molecule has 0 radical (unpaired) electrons. The second kappa shape index (κ2) is 7.79. The molecule has 2 rings (SSSR count). The molecular formula is C16H20N2O3S. The minimum atomic E-state index is -1.01. The smallest absolute Gasteiger partial charge is 0.355 e. The average molecular weight is 320 g/mol. The quantitative estimate of drug-likeness (QED) is 0.739. The second-order valence-corrected chi connectivity index (χ2v) is 5.77. The van der Waals surface area contributed by atoms with Gasteiger partial charge in [0.1, 0.15) is 5.75 Å². The zero-order chi connectivity index (χ0) is 15.9. The van der Waals surface area contributed by atoms with Gasteiger partial charge in [-0.3, -0.25) is 0 Å². The first-order chi connectivity index (χ1) is 10.6. The SMILES string of the molecule is CCCCCOc1ccc(N(C)c2nc(C(=O)O)cs2)cc1. The molecule has 0 aliphatic heterocycles. The molecule has 1 aromatic carbocycles. The average Bonchev–Trinajstić information content (AvgIpc) is 3.02. The largest absolute Gasteiger partial charge is 0.494 e. The van der Waals surface area contributed by atoms with Gasteiger partial charge in [-0.15, -0.1) is 11.3 Å². The first kappa shape index (κ1) is 16.3. The van der Waals surface area contributed by atoms with Crippen LogP contribution >= 0.6 is 11.3 Å². The number of ether oxygens (including phenoxy) is 1. The summed E-state index contributed by atoms with van der Waals surface area (Å²) in [6, 6.07) is 7.72. The van der Waals surface area contributed by atoms with Crippen molar-refractivity contribution in [2.45, 2.75) is 26.2 Å². The molecule has 1 aromatic heterocycles. The van der Waals surface area contributed by atoms with E-state index >= 15 is 0 Å². The number of aromatic nitrogens is 1. The van der Waals surface area contributed by atoms with E-state index in [4.69, 9.17) is 9.84 Å². The van der Waals surface area contributed by atoms with E-state index in [0.29, 0.717) is 5.13 Å². The van der Waals surface area contributed by atoms with Crippen molar-refractivity contribution in [1.29, 1.82) is 0 Å². The first-order valence-electron chi connectivity index (χ1n) is 7.27. The number of nitrogens with zero attached hydrogens (tertiary/aromatic N) is 2. The van der Waals surface area contributed by atoms with Crippen LogP contribution in [0.5, 0.6) is 5.75 Å². The maximum atomic E-state index is 10.9. The predicted molar refractivity (Wildman–Crippen MR) is 88.6 cm³/mol. The van der Waals surface area contributed by atoms with Gasteiger partial charge in [0.25, 0.3) is 0 Å². The Hall–Kier alpha value is -2.08. The van der Waals surface area contributed by atoms with Crippen LogP contribution in [0.15, 0.2) is 29.6 Å². The first-order valence-corrected chi connectivity index (χ1v) is 8.15. The number of anilines is 2. The Kier molecular flexibility index (Phi) is 5.77. The van der Waals surface area contributed by atoms with E-state index in [9.17, 15) is 4.79 Å². The van der Waals surface area contributed by atoms with Gasteiger partial charge < -0.3 is 14.7 Å². The fourth-order valence-corrected chi connectivity index (χ4v) is 2.72. The Labute approximate surface area is 134 Å². The lowest BCUT2D eigenvalue weighted by molar-refractivity contribution is 0.0691. The maximum Gasteiger partial charge on any atom is 0.355 e. The van der Waals surface area contributed by atoms with E-state index in [2.05, 4.69) is 11.9 Å². The number of benzene rings is 1. The van der Waals surface area contributed by atoms with Gasteiger partial charge in [-0.25, -0.2) is 9.78 Å². The summed E-state index contributed by atoms with van der Waals surface area (Å²) in [7, 11) is 1.86. The van der Waals surface area contributed by atoms with Gasteiger partial charge >= 0.3 is 5.97 Å². The summed E-state index contributed by atoms with van der Waals surface area (Å²) in [5.41, 5.74) is 1.01. The Morgan fingerprint density at radius 2 is 2.05 bits per heavy atom. The predicted octanol–water partition coefficient (Wildman–Crippen LogP) is 4.18. The topological polar surface area (TPSA) is 62.7 Å². The van der Waals surface area contributed by atoms with Crippen molar-refractivity contribution in [3.63, 3.8) is 0 Å². The standard InChI is InChI=1S/C16H20N2O3S/c1-3-4-5-10-21-13-8-6-12(7-9-13)18(2)16-17-14(11-22-16)15(19)20/h6-9,11H,3-5,10H2,1-2H3,(H,19,20). The molecule has 6 heteroatoms. The highest BCUT2D eigenvalue weighted by Crippen LogP contribution is 2.28. The Morgan fingerprint density at radius 1 is 1.32 bits per heavy atom. The van der Waals surface area contributed by atoms with Crippen molar-refractivity contribution in [2.24, 2.45) is 0 Å². The molecule has 0 aliphatic carbocycles. The molecule has 0 spiro atoms. The van der Waals surface area contributed by atoms with E-state index in [1.54, 1.807) is 5.38 Å². The molecule has 118 valence electrons. The van der Waals surface area contributed by atoms with E-state index in [-0.39, 0.29) is 5.69 Å². The van der Waals surface area contributed by atoms with Gasteiger partial charge in [0.15, 0.2) is 10.8 Å². The van der Waals surface area contributed by atoms with Crippen LogP contribution < -0.4 is 9.64 Å². The monoisotopic (exact) mass is 320 g/mol. The van der Waals surface area contributed by atoms with Crippen molar-refractivity contribution in [2.75, 3.05) is 18.6 Å². The molecule has 0 bridgehead atoms. The van der Waals surface area contributed by atoms with Crippen molar-refractivity contribution in [1.82, 2.24) is 4.98 Å².